The second-order valence-corrected chi connectivity index (χ2v) is 5.19. The fraction of sp³-hybridized carbons (Fsp3) is 0.273. The first kappa shape index (κ1) is 12.3. The van der Waals surface area contributed by atoms with Gasteiger partial charge in [-0.1, -0.05) is 11.6 Å². The van der Waals surface area contributed by atoms with E-state index in [0.29, 0.717) is 22.9 Å². The number of hydrogen-bond acceptors (Lipinski definition) is 4. The number of esters is 1. The first-order valence-electron chi connectivity index (χ1n) is 4.94. The number of ether oxygens (including phenoxy) is 1. The third-order valence-electron chi connectivity index (χ3n) is 2.33. The number of halogens is 1. The third kappa shape index (κ3) is 2.73. The van der Waals surface area contributed by atoms with Crippen molar-refractivity contribution in [1.82, 2.24) is 0 Å². The molecule has 1 atom stereocenters. The molecule has 0 radical (unpaired) electrons. The van der Waals surface area contributed by atoms with Gasteiger partial charge in [0.05, 0.1) is 12.2 Å². The highest BCUT2D eigenvalue weighted by atomic mass is 35.5. The maximum Gasteiger partial charge on any atom is 0.336 e. The maximum atomic E-state index is 11.3. The highest BCUT2D eigenvalue weighted by molar-refractivity contribution is 8.00. The summed E-state index contributed by atoms with van der Waals surface area (Å²) in [4.78, 5) is 22.8. The second kappa shape index (κ2) is 4.98. The maximum absolute atomic E-state index is 11.3. The number of thioether (sulfide) groups is 1. The van der Waals surface area contributed by atoms with Crippen LogP contribution < -0.4 is 0 Å². The van der Waals surface area contributed by atoms with Gasteiger partial charge in [-0.15, -0.1) is 11.8 Å². The Morgan fingerprint density at radius 1 is 1.53 bits per heavy atom. The zero-order valence-corrected chi connectivity index (χ0v) is 10.3. The van der Waals surface area contributed by atoms with E-state index in [4.69, 9.17) is 21.4 Å². The number of cyclic esters (lactones) is 1. The topological polar surface area (TPSA) is 63.6 Å². The van der Waals surface area contributed by atoms with Gasteiger partial charge in [0.1, 0.15) is 5.25 Å². The molecular weight excluding hydrogens is 264 g/mol. The third-order valence-corrected chi connectivity index (χ3v) is 3.87. The summed E-state index contributed by atoms with van der Waals surface area (Å²) in [6.45, 7) is 0.388. The van der Waals surface area contributed by atoms with Crippen LogP contribution in [0.3, 0.4) is 0 Å². The number of hydrogen-bond donors (Lipinski definition) is 1. The average Bonchev–Trinajstić information content (AvgIpc) is 2.64. The van der Waals surface area contributed by atoms with E-state index in [0.717, 1.165) is 0 Å². The molecule has 2 rings (SSSR count). The summed E-state index contributed by atoms with van der Waals surface area (Å²) in [6.07, 6.45) is 0.592. The summed E-state index contributed by atoms with van der Waals surface area (Å²) in [5, 5.41) is 9.13. The molecule has 1 N–H and O–H groups in total. The van der Waals surface area contributed by atoms with Gasteiger partial charge in [0.25, 0.3) is 0 Å². The fourth-order valence-corrected chi connectivity index (χ4v) is 2.91. The largest absolute Gasteiger partial charge is 0.478 e. The van der Waals surface area contributed by atoms with Crippen molar-refractivity contribution in [3.8, 4) is 0 Å². The first-order chi connectivity index (χ1) is 8.08. The molecule has 1 fully saturated rings. The molecule has 1 aliphatic rings. The van der Waals surface area contributed by atoms with Gasteiger partial charge < -0.3 is 9.84 Å². The van der Waals surface area contributed by atoms with Crippen molar-refractivity contribution in [2.45, 2.75) is 16.6 Å². The van der Waals surface area contributed by atoms with Crippen LogP contribution in [0.4, 0.5) is 0 Å². The van der Waals surface area contributed by atoms with Crippen molar-refractivity contribution >= 4 is 35.3 Å². The molecule has 1 saturated heterocycles. The Morgan fingerprint density at radius 2 is 2.29 bits per heavy atom. The number of carboxylic acid groups (broad SMARTS) is 1. The molecule has 1 aromatic carbocycles. The van der Waals surface area contributed by atoms with Gasteiger partial charge in [0, 0.05) is 16.3 Å². The molecule has 17 heavy (non-hydrogen) atoms. The Balaban J connectivity index is 2.27. The minimum Gasteiger partial charge on any atom is -0.478 e. The van der Waals surface area contributed by atoms with Crippen molar-refractivity contribution in [1.29, 1.82) is 0 Å². The normalized spacial score (nSPS) is 19.1. The molecule has 0 amide bonds. The Morgan fingerprint density at radius 3 is 2.88 bits per heavy atom. The van der Waals surface area contributed by atoms with Gasteiger partial charge >= 0.3 is 11.9 Å². The molecule has 0 spiro atoms. The molecular formula is C11H9ClO4S. The Bertz CT molecular complexity index is 475. The van der Waals surface area contributed by atoms with Crippen molar-refractivity contribution in [2.75, 3.05) is 6.61 Å². The Labute approximate surface area is 107 Å². The summed E-state index contributed by atoms with van der Waals surface area (Å²) in [5.41, 5.74) is 0.152. The number of carboxylic acids is 1. The Kier molecular flexibility index (Phi) is 3.59. The van der Waals surface area contributed by atoms with Crippen LogP contribution in [0.1, 0.15) is 16.8 Å². The number of carbonyl (C=O) groups is 2. The monoisotopic (exact) mass is 272 g/mol. The Hall–Kier alpha value is -1.20. The van der Waals surface area contributed by atoms with E-state index in [2.05, 4.69) is 0 Å². The van der Waals surface area contributed by atoms with Crippen LogP contribution in [0, 0.1) is 0 Å². The van der Waals surface area contributed by atoms with Crippen LogP contribution in [0.25, 0.3) is 0 Å². The lowest BCUT2D eigenvalue weighted by atomic mass is 10.2. The molecule has 4 nitrogen and oxygen atoms in total. The van der Waals surface area contributed by atoms with Crippen LogP contribution in [0.15, 0.2) is 23.1 Å². The number of aromatic carboxylic acids is 1. The molecule has 6 heteroatoms. The standard InChI is InChI=1S/C11H9ClO4S/c12-6-1-2-7(10(13)14)9(5-6)17-8-3-4-16-11(8)15/h1-2,5,8H,3-4H2,(H,13,14). The quantitative estimate of drug-likeness (QED) is 0.856. The molecule has 0 saturated carbocycles. The van der Waals surface area contributed by atoms with E-state index < -0.39 is 5.97 Å². The molecule has 90 valence electrons. The van der Waals surface area contributed by atoms with Gasteiger partial charge in [0.15, 0.2) is 0 Å². The molecule has 0 aromatic heterocycles. The van der Waals surface area contributed by atoms with Crippen LogP contribution in [-0.4, -0.2) is 28.9 Å². The minimum atomic E-state index is -1.03. The van der Waals surface area contributed by atoms with Gasteiger partial charge in [0.2, 0.25) is 0 Å². The SMILES string of the molecule is O=C(O)c1ccc(Cl)cc1SC1CCOC1=O. The number of benzene rings is 1. The molecule has 1 aliphatic heterocycles. The van der Waals surface area contributed by atoms with E-state index in [1.54, 1.807) is 6.07 Å². The average molecular weight is 273 g/mol. The highest BCUT2D eigenvalue weighted by Crippen LogP contribution is 2.33. The van der Waals surface area contributed by atoms with Crippen molar-refractivity contribution in [3.63, 3.8) is 0 Å². The smallest absolute Gasteiger partial charge is 0.336 e. The van der Waals surface area contributed by atoms with E-state index in [-0.39, 0.29) is 16.8 Å². The van der Waals surface area contributed by atoms with Crippen LogP contribution in [0.5, 0.6) is 0 Å². The zero-order chi connectivity index (χ0) is 12.4. The molecule has 0 aliphatic carbocycles. The summed E-state index contributed by atoms with van der Waals surface area (Å²) < 4.78 is 4.83. The van der Waals surface area contributed by atoms with Crippen molar-refractivity contribution in [3.05, 3.63) is 28.8 Å². The van der Waals surface area contributed by atoms with Crippen molar-refractivity contribution < 1.29 is 19.4 Å². The zero-order valence-electron chi connectivity index (χ0n) is 8.68. The number of carbonyl (C=O) groups excluding carboxylic acids is 1. The molecule has 0 bridgehead atoms. The van der Waals surface area contributed by atoms with E-state index in [9.17, 15) is 9.59 Å². The predicted molar refractivity (Wildman–Crippen MR) is 63.6 cm³/mol. The van der Waals surface area contributed by atoms with Gasteiger partial charge in [-0.3, -0.25) is 4.79 Å². The van der Waals surface area contributed by atoms with Crippen LogP contribution >= 0.6 is 23.4 Å². The number of rotatable bonds is 3. The summed E-state index contributed by atoms with van der Waals surface area (Å²) in [5.74, 6) is -1.33. The van der Waals surface area contributed by atoms with E-state index in [1.807, 2.05) is 0 Å². The van der Waals surface area contributed by atoms with Crippen LogP contribution in [0.2, 0.25) is 5.02 Å². The second-order valence-electron chi connectivity index (χ2n) is 3.51. The van der Waals surface area contributed by atoms with Crippen LogP contribution in [-0.2, 0) is 9.53 Å². The van der Waals surface area contributed by atoms with Gasteiger partial charge in [-0.25, -0.2) is 4.79 Å². The fourth-order valence-electron chi connectivity index (χ4n) is 1.51. The van der Waals surface area contributed by atoms with Crippen molar-refractivity contribution in [2.24, 2.45) is 0 Å². The summed E-state index contributed by atoms with van der Waals surface area (Å²) >= 11 is 7.01. The molecule has 1 unspecified atom stereocenters. The van der Waals surface area contributed by atoms with E-state index >= 15 is 0 Å². The lowest BCUT2D eigenvalue weighted by Gasteiger charge is -2.08. The summed E-state index contributed by atoms with van der Waals surface area (Å²) in [7, 11) is 0. The first-order valence-corrected chi connectivity index (χ1v) is 6.20. The van der Waals surface area contributed by atoms with Gasteiger partial charge in [-0.05, 0) is 18.2 Å². The predicted octanol–water partition coefficient (Wildman–Crippen LogP) is 2.45. The lowest BCUT2D eigenvalue weighted by molar-refractivity contribution is -0.137. The highest BCUT2D eigenvalue weighted by Gasteiger charge is 2.28. The minimum absolute atomic E-state index is 0.152. The molecule has 1 aromatic rings. The van der Waals surface area contributed by atoms with Gasteiger partial charge in [-0.2, -0.15) is 0 Å². The van der Waals surface area contributed by atoms with E-state index in [1.165, 1.54) is 23.9 Å². The molecule has 1 heterocycles. The summed E-state index contributed by atoms with van der Waals surface area (Å²) in [6, 6.07) is 4.51. The lowest BCUT2D eigenvalue weighted by Crippen LogP contribution is -2.10.